The van der Waals surface area contributed by atoms with E-state index in [1.54, 1.807) is 7.11 Å². The lowest BCUT2D eigenvalue weighted by molar-refractivity contribution is 0.199. The van der Waals surface area contributed by atoms with Gasteiger partial charge in [0, 0.05) is 25.6 Å². The van der Waals surface area contributed by atoms with Gasteiger partial charge in [0.25, 0.3) is 0 Å². The summed E-state index contributed by atoms with van der Waals surface area (Å²) in [5, 5.41) is 9.20. The summed E-state index contributed by atoms with van der Waals surface area (Å²) in [5.74, 6) is 1.64. The van der Waals surface area contributed by atoms with E-state index in [0.717, 1.165) is 36.6 Å². The highest BCUT2D eigenvalue weighted by Gasteiger charge is 2.22. The van der Waals surface area contributed by atoms with Gasteiger partial charge in [0.05, 0.1) is 7.11 Å². The quantitative estimate of drug-likeness (QED) is 0.882. The predicted molar refractivity (Wildman–Crippen MR) is 75.0 cm³/mol. The van der Waals surface area contributed by atoms with Crippen LogP contribution in [-0.4, -0.2) is 50.0 Å². The minimum Gasteiger partial charge on any atom is -0.493 e. The lowest BCUT2D eigenvalue weighted by atomic mass is 10.0. The van der Waals surface area contributed by atoms with Crippen LogP contribution in [0.3, 0.4) is 0 Å². The highest BCUT2D eigenvalue weighted by atomic mass is 16.5. The van der Waals surface area contributed by atoms with Crippen molar-refractivity contribution in [1.82, 2.24) is 4.90 Å². The van der Waals surface area contributed by atoms with Crippen LogP contribution in [0.5, 0.6) is 11.5 Å². The Labute approximate surface area is 114 Å². The number of ether oxygens (including phenoxy) is 2. The van der Waals surface area contributed by atoms with Crippen LogP contribution >= 0.6 is 0 Å². The molecule has 2 rings (SSSR count). The van der Waals surface area contributed by atoms with Crippen LogP contribution < -0.4 is 9.47 Å². The molecule has 0 bridgehead atoms. The number of likely N-dealkylation sites (N-methyl/N-ethyl adjacent to an activating group) is 1. The van der Waals surface area contributed by atoms with Gasteiger partial charge in [0.1, 0.15) is 6.10 Å². The number of nitrogens with zero attached hydrogens (tertiary/aromatic N) is 1. The number of hydrogen-bond acceptors (Lipinski definition) is 4. The second-order valence-corrected chi connectivity index (χ2v) is 5.28. The van der Waals surface area contributed by atoms with Crippen LogP contribution in [0.1, 0.15) is 24.8 Å². The number of rotatable bonds is 5. The minimum atomic E-state index is 0.112. The zero-order valence-corrected chi connectivity index (χ0v) is 11.9. The molecule has 1 saturated heterocycles. The molecule has 1 heterocycles. The fraction of sp³-hybridized carbons (Fsp3) is 0.600. The van der Waals surface area contributed by atoms with Gasteiger partial charge in [-0.15, -0.1) is 0 Å². The van der Waals surface area contributed by atoms with E-state index in [4.69, 9.17) is 9.47 Å². The Morgan fingerprint density at radius 2 is 2.21 bits per heavy atom. The first kappa shape index (κ1) is 14.2. The molecule has 0 spiro atoms. The first-order valence-electron chi connectivity index (χ1n) is 6.78. The van der Waals surface area contributed by atoms with E-state index >= 15 is 0 Å². The second-order valence-electron chi connectivity index (χ2n) is 5.28. The second kappa shape index (κ2) is 6.26. The summed E-state index contributed by atoms with van der Waals surface area (Å²) < 4.78 is 11.4. The number of benzene rings is 1. The van der Waals surface area contributed by atoms with Crippen LogP contribution in [0.25, 0.3) is 0 Å². The zero-order valence-electron chi connectivity index (χ0n) is 11.9. The minimum absolute atomic E-state index is 0.112. The first-order valence-corrected chi connectivity index (χ1v) is 6.78. The number of likely N-dealkylation sites (tertiary alicyclic amines) is 1. The van der Waals surface area contributed by atoms with E-state index in [1.807, 2.05) is 25.1 Å². The summed E-state index contributed by atoms with van der Waals surface area (Å²) in [6, 6.07) is 5.89. The highest BCUT2D eigenvalue weighted by molar-refractivity contribution is 5.44. The number of methoxy groups -OCH3 is 1. The Morgan fingerprint density at radius 3 is 2.79 bits per heavy atom. The molecule has 1 aromatic carbocycles. The predicted octanol–water partition coefficient (Wildman–Crippen LogP) is 1.87. The average molecular weight is 265 g/mol. The van der Waals surface area contributed by atoms with Gasteiger partial charge in [-0.05, 0) is 31.2 Å². The maximum atomic E-state index is 9.20. The molecule has 2 atom stereocenters. The molecule has 106 valence electrons. The van der Waals surface area contributed by atoms with E-state index < -0.39 is 0 Å². The molecule has 1 N–H and O–H groups in total. The molecule has 19 heavy (non-hydrogen) atoms. The van der Waals surface area contributed by atoms with E-state index in [9.17, 15) is 5.11 Å². The van der Waals surface area contributed by atoms with Crippen LogP contribution in [0, 0.1) is 0 Å². The largest absolute Gasteiger partial charge is 0.493 e. The van der Waals surface area contributed by atoms with Crippen LogP contribution in [0.2, 0.25) is 0 Å². The third-order valence-electron chi connectivity index (χ3n) is 3.67. The summed E-state index contributed by atoms with van der Waals surface area (Å²) in [5.41, 5.74) is 1.07. The Bertz CT molecular complexity index is 422. The van der Waals surface area contributed by atoms with Crippen molar-refractivity contribution in [2.24, 2.45) is 0 Å². The van der Waals surface area contributed by atoms with Crippen molar-refractivity contribution in [2.45, 2.75) is 25.4 Å². The normalized spacial score (nSPS) is 21.4. The van der Waals surface area contributed by atoms with Crippen LogP contribution in [0.15, 0.2) is 18.2 Å². The molecule has 0 aromatic heterocycles. The molecule has 4 nitrogen and oxygen atoms in total. The van der Waals surface area contributed by atoms with E-state index in [1.165, 1.54) is 0 Å². The topological polar surface area (TPSA) is 41.9 Å². The lowest BCUT2D eigenvalue weighted by Gasteiger charge is -2.18. The van der Waals surface area contributed by atoms with Crippen LogP contribution in [0.4, 0.5) is 0 Å². The Hall–Kier alpha value is -1.26. The SMILES string of the molecule is COc1cc(C(C)CO)ccc1OC1CCN(C)C1. The molecule has 1 aliphatic rings. The van der Waals surface area contributed by atoms with Gasteiger partial charge in [-0.25, -0.2) is 0 Å². The van der Waals surface area contributed by atoms with Crippen molar-refractivity contribution in [3.8, 4) is 11.5 Å². The average Bonchev–Trinajstić information content (AvgIpc) is 2.83. The van der Waals surface area contributed by atoms with Gasteiger partial charge in [-0.3, -0.25) is 0 Å². The smallest absolute Gasteiger partial charge is 0.161 e. The summed E-state index contributed by atoms with van der Waals surface area (Å²) in [6.07, 6.45) is 1.29. The van der Waals surface area contributed by atoms with Crippen molar-refractivity contribution in [1.29, 1.82) is 0 Å². The van der Waals surface area contributed by atoms with Crippen molar-refractivity contribution in [3.05, 3.63) is 23.8 Å². The lowest BCUT2D eigenvalue weighted by Crippen LogP contribution is -2.21. The molecule has 0 aliphatic carbocycles. The van der Waals surface area contributed by atoms with E-state index in [2.05, 4.69) is 11.9 Å². The Balaban J connectivity index is 2.12. The van der Waals surface area contributed by atoms with Crippen molar-refractivity contribution < 1.29 is 14.6 Å². The fourth-order valence-electron chi connectivity index (χ4n) is 2.36. The molecule has 4 heteroatoms. The molecule has 0 radical (unpaired) electrons. The molecule has 0 amide bonds. The highest BCUT2D eigenvalue weighted by Crippen LogP contribution is 2.32. The molecule has 1 aromatic rings. The Morgan fingerprint density at radius 1 is 1.42 bits per heavy atom. The molecule has 0 saturated carbocycles. The fourth-order valence-corrected chi connectivity index (χ4v) is 2.36. The maximum absolute atomic E-state index is 9.20. The van der Waals surface area contributed by atoms with Gasteiger partial charge in [0.2, 0.25) is 0 Å². The van der Waals surface area contributed by atoms with Gasteiger partial charge in [-0.2, -0.15) is 0 Å². The summed E-state index contributed by atoms with van der Waals surface area (Å²) in [6.45, 7) is 4.16. The monoisotopic (exact) mass is 265 g/mol. The van der Waals surface area contributed by atoms with E-state index in [-0.39, 0.29) is 18.6 Å². The molecular formula is C15H23NO3. The third kappa shape index (κ3) is 3.39. The third-order valence-corrected chi connectivity index (χ3v) is 3.67. The zero-order chi connectivity index (χ0) is 13.8. The molecule has 1 aliphatic heterocycles. The van der Waals surface area contributed by atoms with Gasteiger partial charge in [0.15, 0.2) is 11.5 Å². The Kier molecular flexibility index (Phi) is 4.66. The van der Waals surface area contributed by atoms with Gasteiger partial charge in [-0.1, -0.05) is 13.0 Å². The number of aliphatic hydroxyl groups excluding tert-OH is 1. The maximum Gasteiger partial charge on any atom is 0.161 e. The van der Waals surface area contributed by atoms with Gasteiger partial charge >= 0.3 is 0 Å². The van der Waals surface area contributed by atoms with Crippen molar-refractivity contribution in [2.75, 3.05) is 33.9 Å². The van der Waals surface area contributed by atoms with E-state index in [0.29, 0.717) is 0 Å². The standard InChI is InChI=1S/C15H23NO3/c1-11(10-17)12-4-5-14(15(8-12)18-3)19-13-6-7-16(2)9-13/h4-5,8,11,13,17H,6-7,9-10H2,1-3H3. The summed E-state index contributed by atoms with van der Waals surface area (Å²) in [4.78, 5) is 2.26. The first-order chi connectivity index (χ1) is 9.13. The molecular weight excluding hydrogens is 242 g/mol. The number of aliphatic hydroxyl groups is 1. The van der Waals surface area contributed by atoms with Crippen molar-refractivity contribution >= 4 is 0 Å². The number of hydrogen-bond donors (Lipinski definition) is 1. The molecule has 1 fully saturated rings. The summed E-state index contributed by atoms with van der Waals surface area (Å²) in [7, 11) is 3.75. The van der Waals surface area contributed by atoms with Crippen molar-refractivity contribution in [3.63, 3.8) is 0 Å². The summed E-state index contributed by atoms with van der Waals surface area (Å²) >= 11 is 0. The van der Waals surface area contributed by atoms with Crippen LogP contribution in [-0.2, 0) is 0 Å². The van der Waals surface area contributed by atoms with Gasteiger partial charge < -0.3 is 19.5 Å². The molecule has 2 unspecified atom stereocenters.